The summed E-state index contributed by atoms with van der Waals surface area (Å²) in [6.45, 7) is -0.415. The van der Waals surface area contributed by atoms with Crippen molar-refractivity contribution in [3.63, 3.8) is 0 Å². The number of anilines is 1. The van der Waals surface area contributed by atoms with Crippen LogP contribution >= 0.6 is 0 Å². The summed E-state index contributed by atoms with van der Waals surface area (Å²) in [4.78, 5) is 12.9. The zero-order valence-electron chi connectivity index (χ0n) is 10.7. The van der Waals surface area contributed by atoms with Crippen LogP contribution in [0.25, 0.3) is 11.0 Å². The standard InChI is InChI=1S/C13H13F3N2O2/c1-18(5-4-13(14,15)16)12(19)11-7-8-6-9(17)2-3-10(8)20-11/h2-3,6-7H,4-5,17H2,1H3. The van der Waals surface area contributed by atoms with E-state index < -0.39 is 25.0 Å². The lowest BCUT2D eigenvalue weighted by molar-refractivity contribution is -0.136. The number of hydrogen-bond donors (Lipinski definition) is 1. The number of carbonyl (C=O) groups excluding carboxylic acids is 1. The molecular formula is C13H13F3N2O2. The van der Waals surface area contributed by atoms with Gasteiger partial charge in [-0.15, -0.1) is 0 Å². The Balaban J connectivity index is 2.14. The Kier molecular flexibility index (Phi) is 3.61. The van der Waals surface area contributed by atoms with Gasteiger partial charge in [0.1, 0.15) is 5.58 Å². The molecule has 108 valence electrons. The van der Waals surface area contributed by atoms with Crippen molar-refractivity contribution >= 4 is 22.6 Å². The van der Waals surface area contributed by atoms with Crippen molar-refractivity contribution < 1.29 is 22.4 Å². The van der Waals surface area contributed by atoms with Crippen LogP contribution < -0.4 is 5.73 Å². The minimum atomic E-state index is -4.29. The van der Waals surface area contributed by atoms with Gasteiger partial charge in [-0.05, 0) is 24.3 Å². The average molecular weight is 286 g/mol. The molecule has 1 heterocycles. The van der Waals surface area contributed by atoms with E-state index in [4.69, 9.17) is 10.2 Å². The predicted octanol–water partition coefficient (Wildman–Crippen LogP) is 3.04. The molecule has 0 atom stereocenters. The number of alkyl halides is 3. The van der Waals surface area contributed by atoms with E-state index in [0.717, 1.165) is 4.90 Å². The predicted molar refractivity (Wildman–Crippen MR) is 68.3 cm³/mol. The van der Waals surface area contributed by atoms with E-state index in [1.165, 1.54) is 13.1 Å². The molecule has 20 heavy (non-hydrogen) atoms. The molecule has 0 unspecified atom stereocenters. The molecule has 1 amide bonds. The second-order valence-corrected chi connectivity index (χ2v) is 4.50. The molecule has 0 aliphatic rings. The Morgan fingerprint density at radius 3 is 2.70 bits per heavy atom. The summed E-state index contributed by atoms with van der Waals surface area (Å²) in [7, 11) is 1.30. The fraction of sp³-hybridized carbons (Fsp3) is 0.308. The molecule has 0 saturated carbocycles. The molecule has 0 aliphatic carbocycles. The Labute approximate surface area is 112 Å². The first kappa shape index (κ1) is 14.2. The number of halogens is 3. The molecule has 0 fully saturated rings. The fourth-order valence-corrected chi connectivity index (χ4v) is 1.75. The van der Waals surface area contributed by atoms with Gasteiger partial charge in [-0.1, -0.05) is 0 Å². The summed E-state index contributed by atoms with van der Waals surface area (Å²) in [6, 6.07) is 6.33. The van der Waals surface area contributed by atoms with Gasteiger partial charge in [0.2, 0.25) is 0 Å². The quantitative estimate of drug-likeness (QED) is 0.882. The van der Waals surface area contributed by atoms with E-state index in [1.54, 1.807) is 18.2 Å². The number of carbonyl (C=O) groups is 1. The van der Waals surface area contributed by atoms with Crippen molar-refractivity contribution in [2.24, 2.45) is 0 Å². The minimum absolute atomic E-state index is 0.00438. The summed E-state index contributed by atoms with van der Waals surface area (Å²) >= 11 is 0. The number of amides is 1. The molecule has 0 saturated heterocycles. The molecule has 1 aromatic carbocycles. The van der Waals surface area contributed by atoms with Crippen molar-refractivity contribution in [1.29, 1.82) is 0 Å². The van der Waals surface area contributed by atoms with Gasteiger partial charge in [0.05, 0.1) is 6.42 Å². The molecule has 0 radical (unpaired) electrons. The van der Waals surface area contributed by atoms with Crippen LogP contribution in [-0.4, -0.2) is 30.6 Å². The highest BCUT2D eigenvalue weighted by Gasteiger charge is 2.28. The molecule has 7 heteroatoms. The van der Waals surface area contributed by atoms with Crippen LogP contribution in [0.5, 0.6) is 0 Å². The highest BCUT2D eigenvalue weighted by atomic mass is 19.4. The average Bonchev–Trinajstić information content (AvgIpc) is 2.76. The Morgan fingerprint density at radius 1 is 1.35 bits per heavy atom. The lowest BCUT2D eigenvalue weighted by atomic mass is 10.2. The van der Waals surface area contributed by atoms with Gasteiger partial charge < -0.3 is 15.1 Å². The van der Waals surface area contributed by atoms with Gasteiger partial charge in [-0.3, -0.25) is 4.79 Å². The molecule has 0 aliphatic heterocycles. The van der Waals surface area contributed by atoms with Crippen LogP contribution in [0, 0.1) is 0 Å². The van der Waals surface area contributed by atoms with Crippen LogP contribution in [0.1, 0.15) is 17.0 Å². The topological polar surface area (TPSA) is 59.5 Å². The highest BCUT2D eigenvalue weighted by Crippen LogP contribution is 2.23. The normalized spacial score (nSPS) is 11.8. The zero-order valence-corrected chi connectivity index (χ0v) is 10.7. The van der Waals surface area contributed by atoms with Crippen LogP contribution in [0.2, 0.25) is 0 Å². The molecule has 4 nitrogen and oxygen atoms in total. The van der Waals surface area contributed by atoms with Crippen LogP contribution in [0.15, 0.2) is 28.7 Å². The maximum atomic E-state index is 12.1. The molecule has 0 spiro atoms. The van der Waals surface area contributed by atoms with Gasteiger partial charge >= 0.3 is 6.18 Å². The second kappa shape index (κ2) is 5.07. The van der Waals surface area contributed by atoms with Gasteiger partial charge in [0.25, 0.3) is 5.91 Å². The number of nitrogens with two attached hydrogens (primary N) is 1. The monoisotopic (exact) mass is 286 g/mol. The smallest absolute Gasteiger partial charge is 0.390 e. The number of furan rings is 1. The molecule has 1 aromatic heterocycles. The van der Waals surface area contributed by atoms with E-state index in [1.807, 2.05) is 0 Å². The highest BCUT2D eigenvalue weighted by molar-refractivity contribution is 5.96. The summed E-state index contributed by atoms with van der Waals surface area (Å²) < 4.78 is 41.7. The lowest BCUT2D eigenvalue weighted by Crippen LogP contribution is -2.30. The van der Waals surface area contributed by atoms with E-state index in [2.05, 4.69) is 0 Å². The number of hydrogen-bond acceptors (Lipinski definition) is 3. The first-order chi connectivity index (χ1) is 9.26. The Morgan fingerprint density at radius 2 is 2.05 bits per heavy atom. The third kappa shape index (κ3) is 3.23. The molecule has 2 rings (SSSR count). The Hall–Kier alpha value is -2.18. The van der Waals surface area contributed by atoms with Crippen LogP contribution in [0.4, 0.5) is 18.9 Å². The Bertz CT molecular complexity index is 634. The van der Waals surface area contributed by atoms with Gasteiger partial charge in [0.15, 0.2) is 5.76 Å². The number of nitrogen functional groups attached to an aromatic ring is 1. The van der Waals surface area contributed by atoms with Crippen molar-refractivity contribution in [2.75, 3.05) is 19.3 Å². The summed E-state index contributed by atoms with van der Waals surface area (Å²) in [5.41, 5.74) is 6.58. The largest absolute Gasteiger partial charge is 0.451 e. The van der Waals surface area contributed by atoms with Crippen molar-refractivity contribution in [1.82, 2.24) is 4.90 Å². The summed E-state index contributed by atoms with van der Waals surface area (Å²) in [5, 5.41) is 0.637. The van der Waals surface area contributed by atoms with Gasteiger partial charge in [0, 0.05) is 24.7 Å². The number of fused-ring (bicyclic) bond motifs is 1. The number of rotatable bonds is 3. The molecule has 0 bridgehead atoms. The molecule has 2 aromatic rings. The van der Waals surface area contributed by atoms with Crippen molar-refractivity contribution in [3.8, 4) is 0 Å². The third-order valence-corrected chi connectivity index (χ3v) is 2.83. The van der Waals surface area contributed by atoms with Gasteiger partial charge in [-0.25, -0.2) is 0 Å². The third-order valence-electron chi connectivity index (χ3n) is 2.83. The minimum Gasteiger partial charge on any atom is -0.451 e. The molecular weight excluding hydrogens is 273 g/mol. The zero-order chi connectivity index (χ0) is 14.9. The van der Waals surface area contributed by atoms with Gasteiger partial charge in [-0.2, -0.15) is 13.2 Å². The second-order valence-electron chi connectivity index (χ2n) is 4.50. The van der Waals surface area contributed by atoms with E-state index >= 15 is 0 Å². The number of benzene rings is 1. The maximum absolute atomic E-state index is 12.1. The first-order valence-corrected chi connectivity index (χ1v) is 5.87. The summed E-state index contributed by atoms with van der Waals surface area (Å²) in [5.74, 6) is -0.598. The first-order valence-electron chi connectivity index (χ1n) is 5.87. The van der Waals surface area contributed by atoms with Crippen molar-refractivity contribution in [3.05, 3.63) is 30.0 Å². The van der Waals surface area contributed by atoms with E-state index in [-0.39, 0.29) is 5.76 Å². The SMILES string of the molecule is CN(CCC(F)(F)F)C(=O)c1cc2cc(N)ccc2o1. The number of nitrogens with zero attached hydrogens (tertiary/aromatic N) is 1. The van der Waals surface area contributed by atoms with Crippen molar-refractivity contribution in [2.45, 2.75) is 12.6 Å². The van der Waals surface area contributed by atoms with E-state index in [0.29, 0.717) is 16.7 Å². The fourth-order valence-electron chi connectivity index (χ4n) is 1.75. The lowest BCUT2D eigenvalue weighted by Gasteiger charge is -2.16. The van der Waals surface area contributed by atoms with Crippen LogP contribution in [-0.2, 0) is 0 Å². The van der Waals surface area contributed by atoms with E-state index in [9.17, 15) is 18.0 Å². The maximum Gasteiger partial charge on any atom is 0.390 e. The summed E-state index contributed by atoms with van der Waals surface area (Å²) in [6.07, 6.45) is -5.35. The molecule has 2 N–H and O–H groups in total. The van der Waals surface area contributed by atoms with Crippen LogP contribution in [0.3, 0.4) is 0 Å².